The second kappa shape index (κ2) is 9.15. The van der Waals surface area contributed by atoms with Gasteiger partial charge in [0, 0.05) is 32.5 Å². The molecule has 32 heavy (non-hydrogen) atoms. The summed E-state index contributed by atoms with van der Waals surface area (Å²) in [7, 11) is 2.82. The smallest absolute Gasteiger partial charge is 0.407 e. The third-order valence-corrected chi connectivity index (χ3v) is 4.99. The van der Waals surface area contributed by atoms with E-state index in [2.05, 4.69) is 10.6 Å². The van der Waals surface area contributed by atoms with E-state index in [-0.39, 0.29) is 17.0 Å². The maximum Gasteiger partial charge on any atom is 0.407 e. The van der Waals surface area contributed by atoms with E-state index in [0.717, 1.165) is 0 Å². The first-order valence-corrected chi connectivity index (χ1v) is 9.85. The van der Waals surface area contributed by atoms with E-state index < -0.39 is 47.8 Å². The van der Waals surface area contributed by atoms with Crippen molar-refractivity contribution in [1.29, 1.82) is 0 Å². The lowest BCUT2D eigenvalue weighted by molar-refractivity contribution is -0.304. The fraction of sp³-hybridized carbons (Fsp3) is 0.476. The monoisotopic (exact) mass is 450 g/mol. The number of ether oxygens (including phenoxy) is 4. The van der Waals surface area contributed by atoms with E-state index in [1.54, 1.807) is 26.0 Å². The normalized spacial score (nSPS) is 24.6. The molecule has 1 aliphatic rings. The Morgan fingerprint density at radius 1 is 1.22 bits per heavy atom. The van der Waals surface area contributed by atoms with Gasteiger partial charge in [-0.2, -0.15) is 0 Å². The van der Waals surface area contributed by atoms with Crippen LogP contribution >= 0.6 is 0 Å². The summed E-state index contributed by atoms with van der Waals surface area (Å²) in [6.07, 6.45) is -5.18. The SMILES string of the molecule is CNC(=O)O[C@@H]1C(O)[C@H](Oc2ccc3cc(NC(C)=O)c(=O)oc3c2)OC(C)(C)[C@@H]1OC. The van der Waals surface area contributed by atoms with Crippen molar-refractivity contribution in [2.75, 3.05) is 19.5 Å². The maximum atomic E-state index is 12.1. The van der Waals surface area contributed by atoms with E-state index in [0.29, 0.717) is 5.39 Å². The minimum atomic E-state index is -1.38. The molecule has 0 spiro atoms. The number of benzene rings is 1. The molecule has 3 rings (SSSR count). The van der Waals surface area contributed by atoms with Crippen molar-refractivity contribution >= 4 is 28.7 Å². The molecular weight excluding hydrogens is 424 g/mol. The molecule has 4 atom stereocenters. The fourth-order valence-corrected chi connectivity index (χ4v) is 3.57. The Morgan fingerprint density at radius 2 is 1.94 bits per heavy atom. The lowest BCUT2D eigenvalue weighted by Gasteiger charge is -2.47. The van der Waals surface area contributed by atoms with Crippen molar-refractivity contribution < 1.29 is 38.1 Å². The predicted molar refractivity (Wildman–Crippen MR) is 113 cm³/mol. The van der Waals surface area contributed by atoms with Crippen LogP contribution in [0.1, 0.15) is 20.8 Å². The molecule has 0 aliphatic carbocycles. The Morgan fingerprint density at radius 3 is 2.56 bits per heavy atom. The third-order valence-electron chi connectivity index (χ3n) is 4.99. The first-order chi connectivity index (χ1) is 15.1. The summed E-state index contributed by atoms with van der Waals surface area (Å²) < 4.78 is 27.7. The van der Waals surface area contributed by atoms with Crippen LogP contribution in [0.5, 0.6) is 5.75 Å². The van der Waals surface area contributed by atoms with Gasteiger partial charge in [-0.25, -0.2) is 9.59 Å². The largest absolute Gasteiger partial charge is 0.462 e. The minimum Gasteiger partial charge on any atom is -0.462 e. The molecule has 0 radical (unpaired) electrons. The molecule has 1 aromatic heterocycles. The molecule has 1 aromatic carbocycles. The van der Waals surface area contributed by atoms with Gasteiger partial charge in [0.05, 0.1) is 5.60 Å². The summed E-state index contributed by atoms with van der Waals surface area (Å²) >= 11 is 0. The van der Waals surface area contributed by atoms with E-state index in [1.165, 1.54) is 33.2 Å². The first-order valence-electron chi connectivity index (χ1n) is 9.85. The van der Waals surface area contributed by atoms with Crippen LogP contribution in [0.3, 0.4) is 0 Å². The summed E-state index contributed by atoms with van der Waals surface area (Å²) in [5.41, 5.74) is -1.47. The van der Waals surface area contributed by atoms with Crippen molar-refractivity contribution in [1.82, 2.24) is 5.32 Å². The number of carbonyl (C=O) groups is 2. The highest BCUT2D eigenvalue weighted by Gasteiger charge is 2.53. The Balaban J connectivity index is 1.88. The number of hydrogen-bond donors (Lipinski definition) is 3. The van der Waals surface area contributed by atoms with Gasteiger partial charge in [-0.3, -0.25) is 4.79 Å². The number of aliphatic hydroxyl groups is 1. The van der Waals surface area contributed by atoms with E-state index in [1.807, 2.05) is 0 Å². The second-order valence-electron chi connectivity index (χ2n) is 7.80. The highest BCUT2D eigenvalue weighted by Crippen LogP contribution is 2.34. The fourth-order valence-electron chi connectivity index (χ4n) is 3.57. The zero-order valence-corrected chi connectivity index (χ0v) is 18.3. The van der Waals surface area contributed by atoms with Crippen molar-refractivity contribution in [2.24, 2.45) is 0 Å². The first kappa shape index (κ1) is 23.5. The molecule has 174 valence electrons. The van der Waals surface area contributed by atoms with Crippen molar-refractivity contribution in [3.63, 3.8) is 0 Å². The van der Waals surface area contributed by atoms with E-state index >= 15 is 0 Å². The molecule has 1 saturated heterocycles. The van der Waals surface area contributed by atoms with Gasteiger partial charge >= 0.3 is 11.7 Å². The maximum absolute atomic E-state index is 12.1. The number of fused-ring (bicyclic) bond motifs is 1. The molecule has 11 heteroatoms. The zero-order chi connectivity index (χ0) is 23.6. The molecule has 0 bridgehead atoms. The van der Waals surface area contributed by atoms with Crippen molar-refractivity contribution in [3.8, 4) is 5.75 Å². The lowest BCUT2D eigenvalue weighted by atomic mass is 9.89. The molecule has 1 unspecified atom stereocenters. The number of aliphatic hydroxyl groups excluding tert-OH is 1. The molecule has 2 aromatic rings. The van der Waals surface area contributed by atoms with Crippen LogP contribution in [-0.2, 0) is 19.0 Å². The highest BCUT2D eigenvalue weighted by atomic mass is 16.7. The van der Waals surface area contributed by atoms with Crippen LogP contribution in [0.25, 0.3) is 11.0 Å². The molecule has 3 N–H and O–H groups in total. The van der Waals surface area contributed by atoms with E-state index in [9.17, 15) is 19.5 Å². The number of alkyl carbamates (subject to hydrolysis) is 1. The van der Waals surface area contributed by atoms with Gasteiger partial charge in [0.15, 0.2) is 12.2 Å². The zero-order valence-electron chi connectivity index (χ0n) is 18.3. The van der Waals surface area contributed by atoms with Gasteiger partial charge in [-0.15, -0.1) is 0 Å². The number of amides is 2. The molecule has 2 heterocycles. The Kier molecular flexibility index (Phi) is 6.72. The van der Waals surface area contributed by atoms with Gasteiger partial charge in [-0.1, -0.05) is 0 Å². The highest BCUT2D eigenvalue weighted by molar-refractivity contribution is 5.91. The predicted octanol–water partition coefficient (Wildman–Crippen LogP) is 1.37. The summed E-state index contributed by atoms with van der Waals surface area (Å²) in [4.78, 5) is 35.1. The Hall–Kier alpha value is -3.15. The summed E-state index contributed by atoms with van der Waals surface area (Å²) in [6, 6.07) is 6.14. The second-order valence-corrected chi connectivity index (χ2v) is 7.80. The van der Waals surface area contributed by atoms with Gasteiger partial charge in [0.25, 0.3) is 0 Å². The van der Waals surface area contributed by atoms with Gasteiger partial charge in [0.1, 0.15) is 23.1 Å². The van der Waals surface area contributed by atoms with Crippen LogP contribution in [0.2, 0.25) is 0 Å². The number of carbonyl (C=O) groups excluding carboxylic acids is 2. The molecule has 2 amide bonds. The number of nitrogens with one attached hydrogen (secondary N) is 2. The minimum absolute atomic E-state index is 0.0197. The van der Waals surface area contributed by atoms with Crippen molar-refractivity contribution in [3.05, 3.63) is 34.7 Å². The number of hydrogen-bond acceptors (Lipinski definition) is 9. The lowest BCUT2D eigenvalue weighted by Crippen LogP contribution is -2.65. The average Bonchev–Trinajstić information content (AvgIpc) is 2.71. The van der Waals surface area contributed by atoms with E-state index in [4.69, 9.17) is 23.4 Å². The molecule has 11 nitrogen and oxygen atoms in total. The Bertz CT molecular complexity index is 1060. The molecule has 1 fully saturated rings. The van der Waals surface area contributed by atoms with Crippen LogP contribution in [-0.4, -0.2) is 61.5 Å². The number of methoxy groups -OCH3 is 1. The van der Waals surface area contributed by atoms with Crippen LogP contribution in [0.15, 0.2) is 33.5 Å². The van der Waals surface area contributed by atoms with Crippen molar-refractivity contribution in [2.45, 2.75) is 51.0 Å². The summed E-state index contributed by atoms with van der Waals surface area (Å²) in [6.45, 7) is 4.71. The topological polar surface area (TPSA) is 146 Å². The van der Waals surface area contributed by atoms with Gasteiger partial charge in [-0.05, 0) is 32.0 Å². The Labute approximate surface area is 183 Å². The van der Waals surface area contributed by atoms with Gasteiger partial charge < -0.3 is 39.1 Å². The van der Waals surface area contributed by atoms with Crippen LogP contribution in [0.4, 0.5) is 10.5 Å². The number of anilines is 1. The summed E-state index contributed by atoms with van der Waals surface area (Å²) in [5, 5.41) is 16.1. The average molecular weight is 450 g/mol. The quantitative estimate of drug-likeness (QED) is 0.575. The van der Waals surface area contributed by atoms with Crippen LogP contribution < -0.4 is 21.0 Å². The van der Waals surface area contributed by atoms with Crippen LogP contribution in [0, 0.1) is 0 Å². The number of rotatable bonds is 5. The third kappa shape index (κ3) is 4.85. The molecular formula is C21H26N2O9. The molecule has 0 saturated carbocycles. The molecule has 1 aliphatic heterocycles. The van der Waals surface area contributed by atoms with Gasteiger partial charge in [0.2, 0.25) is 12.2 Å². The standard InChI is InChI=1S/C21H26N2O9/c1-10(24)23-13-8-11-6-7-12(9-14(11)30-18(13)26)29-19-15(25)16(31-20(27)22-4)17(28-5)21(2,3)32-19/h6-9,15-17,19,25H,1-5H3,(H,22,27)(H,23,24)/t15?,16-,17-,19-/m1/s1. The summed E-state index contributed by atoms with van der Waals surface area (Å²) in [5.74, 6) is -0.159.